The molecule has 5 nitrogen and oxygen atoms in total. The third-order valence-electron chi connectivity index (χ3n) is 7.99. The summed E-state index contributed by atoms with van der Waals surface area (Å²) in [5.74, 6) is -1.59. The van der Waals surface area contributed by atoms with Crippen molar-refractivity contribution in [2.24, 2.45) is 5.92 Å². The van der Waals surface area contributed by atoms with Crippen LogP contribution in [0, 0.1) is 5.92 Å². The molecule has 1 saturated heterocycles. The number of anilines is 2. The van der Waals surface area contributed by atoms with Crippen LogP contribution in [0.15, 0.2) is 101 Å². The molecule has 0 unspecified atom stereocenters. The van der Waals surface area contributed by atoms with Crippen LogP contribution in [0.25, 0.3) is 6.08 Å². The van der Waals surface area contributed by atoms with Gasteiger partial charge in [-0.05, 0) is 46.8 Å². The molecule has 1 amide bonds. The number of fused-ring (bicyclic) bond motifs is 6. The van der Waals surface area contributed by atoms with E-state index in [0.717, 1.165) is 21.3 Å². The number of halogens is 1. The molecule has 1 aromatic heterocycles. The van der Waals surface area contributed by atoms with Crippen molar-refractivity contribution in [3.63, 3.8) is 0 Å². The highest BCUT2D eigenvalue weighted by Crippen LogP contribution is 2.58. The minimum absolute atomic E-state index is 0.153. The van der Waals surface area contributed by atoms with Crippen LogP contribution in [0.5, 0.6) is 0 Å². The predicted octanol–water partition coefficient (Wildman–Crippen LogP) is 6.37. The second-order valence-corrected chi connectivity index (χ2v) is 11.6. The highest BCUT2D eigenvalue weighted by Gasteiger charge is 2.70. The van der Waals surface area contributed by atoms with Crippen molar-refractivity contribution >= 4 is 62.2 Å². The summed E-state index contributed by atoms with van der Waals surface area (Å²) in [6.07, 6.45) is 4.00. The molecule has 3 aliphatic heterocycles. The maximum absolute atomic E-state index is 14.6. The summed E-state index contributed by atoms with van der Waals surface area (Å²) in [6, 6.07) is 24.8. The van der Waals surface area contributed by atoms with Crippen LogP contribution >= 0.6 is 27.3 Å². The van der Waals surface area contributed by atoms with Gasteiger partial charge in [0, 0.05) is 21.4 Å². The number of nitrogens with one attached hydrogen (secondary N) is 1. The number of para-hydroxylation sites is 2. The summed E-state index contributed by atoms with van der Waals surface area (Å²) in [4.78, 5) is 45.8. The Kier molecular flexibility index (Phi) is 5.29. The number of Topliss-reactive ketones (excluding diaryl/α,β-unsaturated/α-hetero) is 2. The van der Waals surface area contributed by atoms with Crippen molar-refractivity contribution in [3.8, 4) is 0 Å². The van der Waals surface area contributed by atoms with Gasteiger partial charge < -0.3 is 10.2 Å². The van der Waals surface area contributed by atoms with Crippen LogP contribution in [0.3, 0.4) is 0 Å². The zero-order chi connectivity index (χ0) is 26.0. The van der Waals surface area contributed by atoms with Gasteiger partial charge in [0.15, 0.2) is 11.6 Å². The molecule has 3 aromatic carbocycles. The molecular formula is C31H21BrN2O3S. The Bertz CT molecular complexity index is 1650. The largest absolute Gasteiger partial charge is 0.352 e. The van der Waals surface area contributed by atoms with Gasteiger partial charge in [-0.3, -0.25) is 14.4 Å². The maximum Gasteiger partial charge on any atom is 0.238 e. The summed E-state index contributed by atoms with van der Waals surface area (Å²) in [5.41, 5.74) is 2.41. The van der Waals surface area contributed by atoms with Crippen molar-refractivity contribution in [1.82, 2.24) is 0 Å². The van der Waals surface area contributed by atoms with E-state index in [-0.39, 0.29) is 17.5 Å². The van der Waals surface area contributed by atoms with E-state index in [1.807, 2.05) is 89.2 Å². The van der Waals surface area contributed by atoms with E-state index in [1.54, 1.807) is 18.2 Å². The summed E-state index contributed by atoms with van der Waals surface area (Å²) < 4.78 is 0.847. The normalized spacial score (nSPS) is 24.6. The fraction of sp³-hybridized carbons (Fsp3) is 0.129. The summed E-state index contributed by atoms with van der Waals surface area (Å²) >= 11 is 4.81. The topological polar surface area (TPSA) is 66.5 Å². The summed E-state index contributed by atoms with van der Waals surface area (Å²) in [5, 5.41) is 4.92. The van der Waals surface area contributed by atoms with Gasteiger partial charge in [-0.25, -0.2) is 0 Å². The Hall–Kier alpha value is -3.81. The highest BCUT2D eigenvalue weighted by atomic mass is 79.9. The molecule has 0 saturated carbocycles. The Labute approximate surface area is 231 Å². The lowest BCUT2D eigenvalue weighted by Gasteiger charge is -2.37. The number of benzene rings is 3. The smallest absolute Gasteiger partial charge is 0.238 e. The van der Waals surface area contributed by atoms with Gasteiger partial charge in [-0.15, -0.1) is 11.3 Å². The Morgan fingerprint density at radius 3 is 2.45 bits per heavy atom. The molecule has 4 aromatic rings. The molecule has 0 aliphatic carbocycles. The second-order valence-electron chi connectivity index (χ2n) is 9.77. The first-order chi connectivity index (χ1) is 18.5. The quantitative estimate of drug-likeness (QED) is 0.285. The molecule has 3 aliphatic rings. The molecule has 186 valence electrons. The fourth-order valence-electron chi connectivity index (χ4n) is 6.48. The molecule has 1 fully saturated rings. The minimum atomic E-state index is -1.29. The molecule has 7 rings (SSSR count). The maximum atomic E-state index is 14.6. The van der Waals surface area contributed by atoms with Gasteiger partial charge in [0.05, 0.1) is 16.8 Å². The predicted molar refractivity (Wildman–Crippen MR) is 153 cm³/mol. The van der Waals surface area contributed by atoms with Gasteiger partial charge in [0.1, 0.15) is 11.5 Å². The number of amides is 1. The molecule has 1 N–H and O–H groups in total. The molecule has 1 spiro atoms. The van der Waals surface area contributed by atoms with Crippen molar-refractivity contribution in [3.05, 3.63) is 122 Å². The standard InChI is InChI=1S/C31H21BrN2O3S/c32-20-14-11-19(12-15-20)28(35)26-27(29(36)24-10-5-17-38-24)34-23-9-4-1-6-18(23)13-16-25(34)31(26)21-7-2-3-8-22(21)33-30(31)37/h1-17,25-27H,(H,33,37)/t25-,26-,27+,31-/m1/s1. The average Bonchev–Trinajstić information content (AvgIpc) is 3.65. The third kappa shape index (κ3) is 3.12. The number of nitrogens with zero attached hydrogens (tertiary/aromatic N) is 1. The van der Waals surface area contributed by atoms with E-state index >= 15 is 0 Å². The van der Waals surface area contributed by atoms with E-state index < -0.39 is 23.4 Å². The lowest BCUT2D eigenvalue weighted by Crippen LogP contribution is -2.51. The van der Waals surface area contributed by atoms with Crippen molar-refractivity contribution in [1.29, 1.82) is 0 Å². The van der Waals surface area contributed by atoms with E-state index in [1.165, 1.54) is 11.3 Å². The number of carbonyl (C=O) groups is 3. The third-order valence-corrected chi connectivity index (χ3v) is 9.40. The molecular weight excluding hydrogens is 560 g/mol. The fourth-order valence-corrected chi connectivity index (χ4v) is 7.44. The first-order valence-corrected chi connectivity index (χ1v) is 14.0. The first-order valence-electron chi connectivity index (χ1n) is 12.4. The first kappa shape index (κ1) is 23.3. The Balaban J connectivity index is 1.54. The molecule has 4 atom stereocenters. The molecule has 7 heteroatoms. The summed E-state index contributed by atoms with van der Waals surface area (Å²) in [7, 11) is 0. The minimum Gasteiger partial charge on any atom is -0.352 e. The van der Waals surface area contributed by atoms with E-state index in [4.69, 9.17) is 0 Å². The van der Waals surface area contributed by atoms with Gasteiger partial charge in [-0.2, -0.15) is 0 Å². The monoisotopic (exact) mass is 580 g/mol. The molecule has 0 bridgehead atoms. The van der Waals surface area contributed by atoms with Gasteiger partial charge >= 0.3 is 0 Å². The van der Waals surface area contributed by atoms with Crippen LogP contribution in [0.2, 0.25) is 0 Å². The second kappa shape index (κ2) is 8.61. The summed E-state index contributed by atoms with van der Waals surface area (Å²) in [6.45, 7) is 0. The zero-order valence-electron chi connectivity index (χ0n) is 20.0. The van der Waals surface area contributed by atoms with Gasteiger partial charge in [-0.1, -0.05) is 82.7 Å². The average molecular weight is 581 g/mol. The van der Waals surface area contributed by atoms with Crippen LogP contribution in [0.1, 0.15) is 31.2 Å². The van der Waals surface area contributed by atoms with Crippen molar-refractivity contribution in [2.75, 3.05) is 10.2 Å². The number of thiophene rings is 1. The molecule has 0 radical (unpaired) electrons. The van der Waals surface area contributed by atoms with Crippen molar-refractivity contribution < 1.29 is 14.4 Å². The van der Waals surface area contributed by atoms with E-state index in [9.17, 15) is 14.4 Å². The van der Waals surface area contributed by atoms with Crippen LogP contribution in [-0.4, -0.2) is 29.6 Å². The lowest BCUT2D eigenvalue weighted by atomic mass is 9.64. The van der Waals surface area contributed by atoms with E-state index in [2.05, 4.69) is 21.2 Å². The number of rotatable bonds is 4. The number of hydrogen-bond donors (Lipinski definition) is 1. The Morgan fingerprint density at radius 1 is 0.895 bits per heavy atom. The van der Waals surface area contributed by atoms with Crippen LogP contribution in [0.4, 0.5) is 11.4 Å². The van der Waals surface area contributed by atoms with Crippen LogP contribution in [-0.2, 0) is 10.2 Å². The molecule has 38 heavy (non-hydrogen) atoms. The van der Waals surface area contributed by atoms with Crippen molar-refractivity contribution in [2.45, 2.75) is 17.5 Å². The van der Waals surface area contributed by atoms with Gasteiger partial charge in [0.25, 0.3) is 0 Å². The SMILES string of the molecule is O=C(c1cccs1)[C@@H]1[C@H](C(=O)c2ccc(Br)cc2)[C@]2(C(=O)Nc3ccccc32)[C@H]2C=Cc3ccccc3N12. The zero-order valence-corrected chi connectivity index (χ0v) is 22.4. The Morgan fingerprint density at radius 2 is 1.66 bits per heavy atom. The lowest BCUT2D eigenvalue weighted by molar-refractivity contribution is -0.121. The van der Waals surface area contributed by atoms with Gasteiger partial charge in [0.2, 0.25) is 5.91 Å². The number of hydrogen-bond acceptors (Lipinski definition) is 5. The molecule has 4 heterocycles. The van der Waals surface area contributed by atoms with E-state index in [0.29, 0.717) is 16.1 Å². The van der Waals surface area contributed by atoms with Crippen LogP contribution < -0.4 is 10.2 Å². The highest BCUT2D eigenvalue weighted by molar-refractivity contribution is 9.10. The number of ketones is 2. The number of carbonyl (C=O) groups excluding carboxylic acids is 3.